The molecule has 2 rings (SSSR count). The van der Waals surface area contributed by atoms with Gasteiger partial charge in [-0.05, 0) is 11.8 Å². The monoisotopic (exact) mass is 338 g/mol. The van der Waals surface area contributed by atoms with Crippen molar-refractivity contribution in [2.24, 2.45) is 11.8 Å². The fraction of sp³-hybridized carbons (Fsp3) is 0.364. The molecule has 2 unspecified atom stereocenters. The van der Waals surface area contributed by atoms with Gasteiger partial charge in [0.05, 0.1) is 0 Å². The highest BCUT2D eigenvalue weighted by atomic mass is 16.5. The quantitative estimate of drug-likeness (QED) is 0.648. The summed E-state index contributed by atoms with van der Waals surface area (Å²) in [5.74, 6) is -0.223. The van der Waals surface area contributed by atoms with Gasteiger partial charge in [-0.25, -0.2) is 0 Å². The Balaban J connectivity index is 2.26. The molecular weight excluding hydrogens is 312 g/mol. The van der Waals surface area contributed by atoms with Gasteiger partial charge in [0, 0.05) is 11.1 Å². The Labute approximate surface area is 150 Å². The minimum absolute atomic E-state index is 0.0301. The number of benzene rings is 2. The van der Waals surface area contributed by atoms with Gasteiger partial charge in [0.25, 0.3) is 0 Å². The third-order valence-corrected chi connectivity index (χ3v) is 4.14. The molecule has 0 aliphatic carbocycles. The van der Waals surface area contributed by atoms with Gasteiger partial charge in [0.2, 0.25) is 0 Å². The molecule has 2 aromatic carbocycles. The summed E-state index contributed by atoms with van der Waals surface area (Å²) in [4.78, 5) is 25.7. The highest BCUT2D eigenvalue weighted by Crippen LogP contribution is 2.22. The van der Waals surface area contributed by atoms with Gasteiger partial charge in [-0.15, -0.1) is 0 Å². The van der Waals surface area contributed by atoms with Crippen LogP contribution in [0.3, 0.4) is 0 Å². The average Bonchev–Trinajstić information content (AvgIpc) is 2.62. The van der Waals surface area contributed by atoms with E-state index in [1.807, 2.05) is 64.1 Å². The second kappa shape index (κ2) is 8.72. The Morgan fingerprint density at radius 3 is 1.24 bits per heavy atom. The molecule has 0 amide bonds. The maximum atomic E-state index is 12.9. The lowest BCUT2D eigenvalue weighted by Crippen LogP contribution is -2.40. The van der Waals surface area contributed by atoms with E-state index in [0.29, 0.717) is 11.1 Å². The first-order chi connectivity index (χ1) is 11.9. The maximum Gasteiger partial charge on any atom is 0.191 e. The maximum absolute atomic E-state index is 12.9. The predicted molar refractivity (Wildman–Crippen MR) is 99.9 cm³/mol. The first-order valence-corrected chi connectivity index (χ1v) is 8.75. The van der Waals surface area contributed by atoms with Crippen molar-refractivity contribution < 1.29 is 14.3 Å². The normalized spacial score (nSPS) is 13.7. The summed E-state index contributed by atoms with van der Waals surface area (Å²) < 4.78 is 6.11. The van der Waals surface area contributed by atoms with Crippen molar-refractivity contribution in [1.82, 2.24) is 0 Å². The van der Waals surface area contributed by atoms with Crippen molar-refractivity contribution in [3.05, 3.63) is 71.8 Å². The van der Waals surface area contributed by atoms with Crippen LogP contribution in [0.1, 0.15) is 48.4 Å². The fourth-order valence-electron chi connectivity index (χ4n) is 2.73. The van der Waals surface area contributed by atoms with Crippen LogP contribution in [0, 0.1) is 11.8 Å². The van der Waals surface area contributed by atoms with Crippen LogP contribution in [0.4, 0.5) is 0 Å². The summed E-state index contributed by atoms with van der Waals surface area (Å²) in [5.41, 5.74) is 1.21. The van der Waals surface area contributed by atoms with Gasteiger partial charge in [-0.2, -0.15) is 0 Å². The molecule has 25 heavy (non-hydrogen) atoms. The highest BCUT2D eigenvalue weighted by molar-refractivity contribution is 6.01. The van der Waals surface area contributed by atoms with E-state index < -0.39 is 12.2 Å². The van der Waals surface area contributed by atoms with E-state index in [0.717, 1.165) is 0 Å². The van der Waals surface area contributed by atoms with E-state index in [-0.39, 0.29) is 23.4 Å². The van der Waals surface area contributed by atoms with E-state index in [1.54, 1.807) is 24.3 Å². The summed E-state index contributed by atoms with van der Waals surface area (Å²) >= 11 is 0. The second-order valence-corrected chi connectivity index (χ2v) is 6.93. The number of ketones is 2. The van der Waals surface area contributed by atoms with Crippen molar-refractivity contribution in [3.8, 4) is 0 Å². The molecule has 0 aliphatic heterocycles. The Morgan fingerprint density at radius 2 is 0.960 bits per heavy atom. The molecule has 0 heterocycles. The molecule has 0 saturated heterocycles. The number of hydrogen-bond donors (Lipinski definition) is 0. The van der Waals surface area contributed by atoms with E-state index in [9.17, 15) is 9.59 Å². The van der Waals surface area contributed by atoms with Gasteiger partial charge in [-0.1, -0.05) is 88.4 Å². The molecule has 0 radical (unpaired) electrons. The van der Waals surface area contributed by atoms with E-state index in [2.05, 4.69) is 0 Å². The number of hydrogen-bond acceptors (Lipinski definition) is 3. The topological polar surface area (TPSA) is 43.4 Å². The zero-order chi connectivity index (χ0) is 18.4. The Hall–Kier alpha value is -2.26. The van der Waals surface area contributed by atoms with Gasteiger partial charge in [0.15, 0.2) is 11.6 Å². The zero-order valence-electron chi connectivity index (χ0n) is 15.3. The lowest BCUT2D eigenvalue weighted by molar-refractivity contribution is -0.0284. The molecule has 0 spiro atoms. The first kappa shape index (κ1) is 19.1. The molecule has 132 valence electrons. The van der Waals surface area contributed by atoms with Crippen molar-refractivity contribution >= 4 is 11.6 Å². The van der Waals surface area contributed by atoms with Gasteiger partial charge in [-0.3, -0.25) is 9.59 Å². The lowest BCUT2D eigenvalue weighted by Gasteiger charge is -2.28. The number of carbonyl (C=O) groups excluding carboxylic acids is 2. The van der Waals surface area contributed by atoms with E-state index >= 15 is 0 Å². The molecule has 0 bridgehead atoms. The number of rotatable bonds is 8. The van der Waals surface area contributed by atoms with E-state index in [1.165, 1.54) is 0 Å². The third-order valence-electron chi connectivity index (χ3n) is 4.14. The summed E-state index contributed by atoms with van der Waals surface area (Å²) in [6.07, 6.45) is -1.30. The minimum Gasteiger partial charge on any atom is -0.358 e. The van der Waals surface area contributed by atoms with E-state index in [4.69, 9.17) is 4.74 Å². The fourth-order valence-corrected chi connectivity index (χ4v) is 2.73. The number of carbonyl (C=O) groups is 2. The standard InChI is InChI=1S/C22H26O3/c1-15(2)21(19(23)17-11-7-5-8-12-17)25-22(16(3)4)20(24)18-13-9-6-10-14-18/h5-16,21-22H,1-4H3. The Morgan fingerprint density at radius 1 is 0.640 bits per heavy atom. The van der Waals surface area contributed by atoms with Crippen LogP contribution in [0.15, 0.2) is 60.7 Å². The number of ether oxygens (including phenoxy) is 1. The molecule has 0 aliphatic rings. The molecule has 0 N–H and O–H groups in total. The summed E-state index contributed by atoms with van der Waals surface area (Å²) in [5, 5.41) is 0. The van der Waals surface area contributed by atoms with Crippen molar-refractivity contribution in [2.45, 2.75) is 39.9 Å². The summed E-state index contributed by atoms with van der Waals surface area (Å²) in [6, 6.07) is 18.2. The molecule has 3 nitrogen and oxygen atoms in total. The zero-order valence-corrected chi connectivity index (χ0v) is 15.3. The van der Waals surface area contributed by atoms with Crippen LogP contribution in [0.25, 0.3) is 0 Å². The van der Waals surface area contributed by atoms with Crippen LogP contribution < -0.4 is 0 Å². The molecular formula is C22H26O3. The first-order valence-electron chi connectivity index (χ1n) is 8.75. The summed E-state index contributed by atoms with van der Waals surface area (Å²) in [7, 11) is 0. The van der Waals surface area contributed by atoms with Gasteiger partial charge < -0.3 is 4.74 Å². The molecule has 3 heteroatoms. The number of Topliss-reactive ketones (excluding diaryl/α,β-unsaturated/α-hetero) is 2. The molecule has 2 atom stereocenters. The van der Waals surface area contributed by atoms with Crippen molar-refractivity contribution in [3.63, 3.8) is 0 Å². The largest absolute Gasteiger partial charge is 0.358 e. The van der Waals surface area contributed by atoms with Crippen LogP contribution in [0.5, 0.6) is 0 Å². The van der Waals surface area contributed by atoms with Gasteiger partial charge >= 0.3 is 0 Å². The smallest absolute Gasteiger partial charge is 0.191 e. The Bertz CT molecular complexity index is 628. The van der Waals surface area contributed by atoms with Crippen LogP contribution in [-0.2, 0) is 4.74 Å². The van der Waals surface area contributed by atoms with Crippen molar-refractivity contribution in [1.29, 1.82) is 0 Å². The molecule has 0 saturated carbocycles. The molecule has 2 aromatic rings. The van der Waals surface area contributed by atoms with Crippen LogP contribution in [0.2, 0.25) is 0 Å². The van der Waals surface area contributed by atoms with Crippen LogP contribution >= 0.6 is 0 Å². The highest BCUT2D eigenvalue weighted by Gasteiger charge is 2.32. The third kappa shape index (κ3) is 4.86. The predicted octanol–water partition coefficient (Wildman–Crippen LogP) is 4.82. The Kier molecular flexibility index (Phi) is 6.65. The van der Waals surface area contributed by atoms with Crippen LogP contribution in [-0.4, -0.2) is 23.8 Å². The second-order valence-electron chi connectivity index (χ2n) is 6.93. The average molecular weight is 338 g/mol. The van der Waals surface area contributed by atoms with Crippen molar-refractivity contribution in [2.75, 3.05) is 0 Å². The molecule has 0 fully saturated rings. The lowest BCUT2D eigenvalue weighted by atomic mass is 9.94. The minimum atomic E-state index is -0.650. The van der Waals surface area contributed by atoms with Gasteiger partial charge in [0.1, 0.15) is 12.2 Å². The molecule has 0 aromatic heterocycles. The summed E-state index contributed by atoms with van der Waals surface area (Å²) in [6.45, 7) is 7.76. The SMILES string of the molecule is CC(C)C(OC(C(=O)c1ccccc1)C(C)C)C(=O)c1ccccc1.